The number of carbonyl (C=O) groups is 2. The second-order valence-corrected chi connectivity index (χ2v) is 5.92. The molecule has 128 valence electrons. The molecule has 24 heavy (non-hydrogen) atoms. The number of rotatable bonds is 9. The Morgan fingerprint density at radius 1 is 1.17 bits per heavy atom. The van der Waals surface area contributed by atoms with E-state index in [1.807, 2.05) is 18.4 Å². The van der Waals surface area contributed by atoms with Gasteiger partial charge in [0, 0.05) is 23.9 Å². The Kier molecular flexibility index (Phi) is 7.29. The summed E-state index contributed by atoms with van der Waals surface area (Å²) in [6.07, 6.45) is 1.63. The first-order valence-electron chi connectivity index (χ1n) is 7.93. The first kappa shape index (κ1) is 18.0. The normalized spacial score (nSPS) is 10.2. The standard InChI is InChI=1S/C18H21NO4S/c1-2-11-22-15-6-3-4-7-16(15)23-17(20)8-5-10-19-18(21)14-9-12-24-13-14/h3-4,6-7,9,12-13H,2,5,8,10-11H2,1H3,(H,19,21). The van der Waals surface area contributed by atoms with Gasteiger partial charge in [-0.2, -0.15) is 11.3 Å². The average molecular weight is 347 g/mol. The molecule has 5 nitrogen and oxygen atoms in total. The number of amides is 1. The smallest absolute Gasteiger partial charge is 0.311 e. The predicted octanol–water partition coefficient (Wildman–Crippen LogP) is 3.65. The lowest BCUT2D eigenvalue weighted by Gasteiger charge is -2.11. The van der Waals surface area contributed by atoms with Crippen molar-refractivity contribution in [2.75, 3.05) is 13.2 Å². The van der Waals surface area contributed by atoms with Crippen molar-refractivity contribution in [2.45, 2.75) is 26.2 Å². The Hall–Kier alpha value is -2.34. The van der Waals surface area contributed by atoms with E-state index in [0.717, 1.165) is 6.42 Å². The largest absolute Gasteiger partial charge is 0.490 e. The first-order valence-corrected chi connectivity index (χ1v) is 8.88. The van der Waals surface area contributed by atoms with Gasteiger partial charge in [0.05, 0.1) is 6.61 Å². The maximum Gasteiger partial charge on any atom is 0.311 e. The summed E-state index contributed by atoms with van der Waals surface area (Å²) in [5.74, 6) is 0.534. The van der Waals surface area contributed by atoms with E-state index in [0.29, 0.717) is 36.6 Å². The number of esters is 1. The van der Waals surface area contributed by atoms with Crippen LogP contribution in [0.5, 0.6) is 11.5 Å². The van der Waals surface area contributed by atoms with E-state index < -0.39 is 0 Å². The highest BCUT2D eigenvalue weighted by atomic mass is 32.1. The molecule has 0 saturated carbocycles. The molecule has 1 aromatic heterocycles. The van der Waals surface area contributed by atoms with Gasteiger partial charge in [0.1, 0.15) is 0 Å². The van der Waals surface area contributed by atoms with E-state index in [1.165, 1.54) is 11.3 Å². The molecular formula is C18H21NO4S. The number of thiophene rings is 1. The zero-order chi connectivity index (χ0) is 17.2. The Morgan fingerprint density at radius 2 is 1.96 bits per heavy atom. The summed E-state index contributed by atoms with van der Waals surface area (Å²) in [6, 6.07) is 8.88. The van der Waals surface area contributed by atoms with Crippen molar-refractivity contribution in [1.82, 2.24) is 5.32 Å². The van der Waals surface area contributed by atoms with E-state index in [2.05, 4.69) is 5.32 Å². The van der Waals surface area contributed by atoms with Gasteiger partial charge in [-0.05, 0) is 36.4 Å². The fraction of sp³-hybridized carbons (Fsp3) is 0.333. The monoisotopic (exact) mass is 347 g/mol. The van der Waals surface area contributed by atoms with Crippen molar-refractivity contribution in [3.05, 3.63) is 46.7 Å². The van der Waals surface area contributed by atoms with Crippen LogP contribution in [0.15, 0.2) is 41.1 Å². The first-order chi connectivity index (χ1) is 11.7. The van der Waals surface area contributed by atoms with E-state index in [-0.39, 0.29) is 18.3 Å². The van der Waals surface area contributed by atoms with Gasteiger partial charge >= 0.3 is 5.97 Å². The van der Waals surface area contributed by atoms with Crippen LogP contribution in [0.3, 0.4) is 0 Å². The van der Waals surface area contributed by atoms with Crippen molar-refractivity contribution in [2.24, 2.45) is 0 Å². The highest BCUT2D eigenvalue weighted by Crippen LogP contribution is 2.26. The van der Waals surface area contributed by atoms with Crippen LogP contribution in [-0.4, -0.2) is 25.0 Å². The van der Waals surface area contributed by atoms with Crippen LogP contribution in [0.2, 0.25) is 0 Å². The lowest BCUT2D eigenvalue weighted by Crippen LogP contribution is -2.24. The molecule has 0 atom stereocenters. The van der Waals surface area contributed by atoms with Gasteiger partial charge in [-0.15, -0.1) is 0 Å². The van der Waals surface area contributed by atoms with Crippen LogP contribution in [0, 0.1) is 0 Å². The van der Waals surface area contributed by atoms with Crippen LogP contribution < -0.4 is 14.8 Å². The molecule has 0 spiro atoms. The summed E-state index contributed by atoms with van der Waals surface area (Å²) >= 11 is 1.47. The molecule has 0 saturated heterocycles. The maximum atomic E-state index is 11.9. The van der Waals surface area contributed by atoms with Gasteiger partial charge in [-0.25, -0.2) is 0 Å². The molecule has 1 N–H and O–H groups in total. The fourth-order valence-corrected chi connectivity index (χ4v) is 2.61. The van der Waals surface area contributed by atoms with Crippen molar-refractivity contribution in [1.29, 1.82) is 0 Å². The molecule has 6 heteroatoms. The zero-order valence-electron chi connectivity index (χ0n) is 13.6. The Morgan fingerprint density at radius 3 is 2.67 bits per heavy atom. The molecule has 2 rings (SSSR count). The molecule has 1 amide bonds. The lowest BCUT2D eigenvalue weighted by molar-refractivity contribution is -0.134. The van der Waals surface area contributed by atoms with E-state index in [1.54, 1.807) is 29.6 Å². The van der Waals surface area contributed by atoms with Gasteiger partial charge in [-0.1, -0.05) is 19.1 Å². The van der Waals surface area contributed by atoms with Crippen LogP contribution in [0.1, 0.15) is 36.5 Å². The molecule has 2 aromatic rings. The van der Waals surface area contributed by atoms with Gasteiger partial charge in [0.25, 0.3) is 5.91 Å². The molecule has 1 heterocycles. The van der Waals surface area contributed by atoms with Gasteiger partial charge in [0.15, 0.2) is 11.5 Å². The molecule has 0 radical (unpaired) electrons. The number of carbonyl (C=O) groups excluding carboxylic acids is 2. The summed E-state index contributed by atoms with van der Waals surface area (Å²) in [6.45, 7) is 3.01. The van der Waals surface area contributed by atoms with Gasteiger partial charge in [-0.3, -0.25) is 9.59 Å². The fourth-order valence-electron chi connectivity index (χ4n) is 1.97. The quantitative estimate of drug-likeness (QED) is 0.427. The summed E-state index contributed by atoms with van der Waals surface area (Å²) in [4.78, 5) is 23.7. The van der Waals surface area contributed by atoms with Crippen LogP contribution >= 0.6 is 11.3 Å². The molecular weight excluding hydrogens is 326 g/mol. The van der Waals surface area contributed by atoms with Crippen LogP contribution in [-0.2, 0) is 4.79 Å². The zero-order valence-corrected chi connectivity index (χ0v) is 14.4. The summed E-state index contributed by atoms with van der Waals surface area (Å²) < 4.78 is 10.9. The number of ether oxygens (including phenoxy) is 2. The number of benzene rings is 1. The molecule has 0 aliphatic carbocycles. The molecule has 0 bridgehead atoms. The molecule has 0 unspecified atom stereocenters. The number of hydrogen-bond donors (Lipinski definition) is 1. The minimum Gasteiger partial charge on any atom is -0.490 e. The Balaban J connectivity index is 1.72. The third-order valence-electron chi connectivity index (χ3n) is 3.16. The minimum absolute atomic E-state index is 0.122. The summed E-state index contributed by atoms with van der Waals surface area (Å²) in [7, 11) is 0. The minimum atomic E-state index is -0.340. The Labute approximate surface area is 145 Å². The third-order valence-corrected chi connectivity index (χ3v) is 3.84. The van der Waals surface area contributed by atoms with Crippen molar-refractivity contribution in [3.8, 4) is 11.5 Å². The van der Waals surface area contributed by atoms with E-state index in [4.69, 9.17) is 9.47 Å². The molecule has 0 fully saturated rings. The van der Waals surface area contributed by atoms with Crippen molar-refractivity contribution >= 4 is 23.2 Å². The number of nitrogens with one attached hydrogen (secondary N) is 1. The second kappa shape index (κ2) is 9.72. The number of hydrogen-bond acceptors (Lipinski definition) is 5. The maximum absolute atomic E-state index is 11.9. The van der Waals surface area contributed by atoms with Crippen molar-refractivity contribution in [3.63, 3.8) is 0 Å². The summed E-state index contributed by atoms with van der Waals surface area (Å²) in [5.41, 5.74) is 0.643. The Bertz CT molecular complexity index is 655. The average Bonchev–Trinajstić information content (AvgIpc) is 3.12. The van der Waals surface area contributed by atoms with Gasteiger partial charge in [0.2, 0.25) is 0 Å². The lowest BCUT2D eigenvalue weighted by atomic mass is 10.2. The molecule has 1 aromatic carbocycles. The summed E-state index contributed by atoms with van der Waals surface area (Å²) in [5, 5.41) is 6.42. The third kappa shape index (κ3) is 5.70. The SMILES string of the molecule is CCCOc1ccccc1OC(=O)CCCNC(=O)c1ccsc1. The van der Waals surface area contributed by atoms with Crippen molar-refractivity contribution < 1.29 is 19.1 Å². The number of para-hydroxylation sites is 2. The highest BCUT2D eigenvalue weighted by Gasteiger charge is 2.10. The highest BCUT2D eigenvalue weighted by molar-refractivity contribution is 7.08. The molecule has 0 aliphatic heterocycles. The molecule has 0 aliphatic rings. The topological polar surface area (TPSA) is 64.6 Å². The predicted molar refractivity (Wildman–Crippen MR) is 93.7 cm³/mol. The van der Waals surface area contributed by atoms with Crippen LogP contribution in [0.4, 0.5) is 0 Å². The van der Waals surface area contributed by atoms with Crippen LogP contribution in [0.25, 0.3) is 0 Å². The second-order valence-electron chi connectivity index (χ2n) is 5.14. The van der Waals surface area contributed by atoms with E-state index >= 15 is 0 Å². The van der Waals surface area contributed by atoms with E-state index in [9.17, 15) is 9.59 Å². The van der Waals surface area contributed by atoms with Gasteiger partial charge < -0.3 is 14.8 Å².